The van der Waals surface area contributed by atoms with Crippen LogP contribution < -0.4 is 10.1 Å². The van der Waals surface area contributed by atoms with Crippen LogP contribution in [-0.4, -0.2) is 55.5 Å². The van der Waals surface area contributed by atoms with E-state index in [0.29, 0.717) is 42.6 Å². The number of carbonyl (C=O) groups excluding carboxylic acids is 1. The van der Waals surface area contributed by atoms with Crippen molar-refractivity contribution >= 4 is 55.0 Å². The number of piperidine rings is 1. The Bertz CT molecular complexity index is 1470. The van der Waals surface area contributed by atoms with Gasteiger partial charge in [0, 0.05) is 24.5 Å². The van der Waals surface area contributed by atoms with E-state index in [4.69, 9.17) is 31.0 Å². The van der Waals surface area contributed by atoms with E-state index in [-0.39, 0.29) is 36.6 Å². The number of esters is 1. The fraction of sp³-hybridized carbons (Fsp3) is 0.519. The molecule has 2 aromatic heterocycles. The predicted octanol–water partition coefficient (Wildman–Crippen LogP) is 4.95. The second-order valence-corrected chi connectivity index (χ2v) is 13.3. The Labute approximate surface area is 237 Å². The van der Waals surface area contributed by atoms with E-state index in [1.54, 1.807) is 25.4 Å². The van der Waals surface area contributed by atoms with E-state index in [0.717, 1.165) is 41.5 Å². The number of aromatic nitrogens is 2. The van der Waals surface area contributed by atoms with Crippen molar-refractivity contribution in [1.82, 2.24) is 14.3 Å². The van der Waals surface area contributed by atoms with Gasteiger partial charge in [-0.25, -0.2) is 22.7 Å². The Kier molecular flexibility index (Phi) is 8.60. The second kappa shape index (κ2) is 12.0. The van der Waals surface area contributed by atoms with Gasteiger partial charge in [0.15, 0.2) is 0 Å². The number of thiophene rings is 1. The minimum Gasteiger partial charge on any atom is -0.495 e. The van der Waals surface area contributed by atoms with Gasteiger partial charge in [-0.3, -0.25) is 4.79 Å². The monoisotopic (exact) mass is 592 g/mol. The van der Waals surface area contributed by atoms with Gasteiger partial charge in [0.05, 0.1) is 30.0 Å². The second-order valence-electron chi connectivity index (χ2n) is 9.88. The van der Waals surface area contributed by atoms with Crippen molar-refractivity contribution in [3.63, 3.8) is 0 Å². The molecule has 210 valence electrons. The first-order chi connectivity index (χ1) is 18.8. The van der Waals surface area contributed by atoms with E-state index in [2.05, 4.69) is 5.32 Å². The van der Waals surface area contributed by atoms with Gasteiger partial charge in [-0.15, -0.1) is 11.3 Å². The van der Waals surface area contributed by atoms with Crippen LogP contribution in [0, 0.1) is 5.92 Å². The quantitative estimate of drug-likeness (QED) is 0.348. The number of benzene rings is 1. The average Bonchev–Trinajstić information content (AvgIpc) is 3.30. The van der Waals surface area contributed by atoms with E-state index < -0.39 is 10.0 Å². The highest BCUT2D eigenvalue weighted by molar-refractivity contribution is 7.88. The number of nitrogens with zero attached hydrogens (tertiary/aromatic N) is 3. The molecule has 1 aliphatic heterocycles. The lowest BCUT2D eigenvalue weighted by Gasteiger charge is -2.29. The summed E-state index contributed by atoms with van der Waals surface area (Å²) in [5.74, 6) is 0.720. The standard InChI is InChI=1S/C27H33ClN4O5S2/c1-3-37-27(33)18-10-12-32(13-11-18)39(34,35)16-23-30-25(29-15-17-8-9-21(36-2)20(28)14-17)24-19-6-4-5-7-22(19)38-26(24)31-23/h8-9,14,18H,3-7,10-13,15-16H2,1-2H3,(H,29,30,31). The van der Waals surface area contributed by atoms with E-state index in [1.165, 1.54) is 14.7 Å². The maximum absolute atomic E-state index is 13.4. The number of carbonyl (C=O) groups is 1. The van der Waals surface area contributed by atoms with Crippen LogP contribution in [0.15, 0.2) is 18.2 Å². The van der Waals surface area contributed by atoms with Crippen molar-refractivity contribution in [2.24, 2.45) is 5.92 Å². The van der Waals surface area contributed by atoms with Crippen molar-refractivity contribution in [2.45, 2.75) is 57.7 Å². The number of fused-ring (bicyclic) bond motifs is 3. The zero-order valence-electron chi connectivity index (χ0n) is 22.2. The summed E-state index contributed by atoms with van der Waals surface area (Å²) in [4.78, 5) is 23.7. The molecule has 9 nitrogen and oxygen atoms in total. The molecule has 1 fully saturated rings. The summed E-state index contributed by atoms with van der Waals surface area (Å²) in [6.07, 6.45) is 5.13. The molecule has 0 radical (unpaired) electrons. The molecule has 1 aromatic carbocycles. The summed E-state index contributed by atoms with van der Waals surface area (Å²) in [7, 11) is -2.09. The lowest BCUT2D eigenvalue weighted by molar-refractivity contribution is -0.149. The number of anilines is 1. The van der Waals surface area contributed by atoms with Gasteiger partial charge >= 0.3 is 5.97 Å². The molecular formula is C27H33ClN4O5S2. The van der Waals surface area contributed by atoms with E-state index >= 15 is 0 Å². The van der Waals surface area contributed by atoms with Gasteiger partial charge in [0.25, 0.3) is 0 Å². The molecular weight excluding hydrogens is 560 g/mol. The van der Waals surface area contributed by atoms with Crippen molar-refractivity contribution < 1.29 is 22.7 Å². The third-order valence-electron chi connectivity index (χ3n) is 7.32. The first-order valence-electron chi connectivity index (χ1n) is 13.3. The molecule has 0 saturated carbocycles. The number of halogens is 1. The summed E-state index contributed by atoms with van der Waals surface area (Å²) < 4.78 is 38.5. The lowest BCUT2D eigenvalue weighted by Crippen LogP contribution is -2.41. The first kappa shape index (κ1) is 28.1. The molecule has 3 aromatic rings. The zero-order valence-corrected chi connectivity index (χ0v) is 24.6. The molecule has 0 unspecified atom stereocenters. The van der Waals surface area contributed by atoms with Crippen molar-refractivity contribution in [3.05, 3.63) is 45.1 Å². The van der Waals surface area contributed by atoms with E-state index in [1.807, 2.05) is 18.2 Å². The highest BCUT2D eigenvalue weighted by Gasteiger charge is 2.33. The molecule has 0 spiro atoms. The molecule has 0 atom stereocenters. The molecule has 0 amide bonds. The molecule has 0 bridgehead atoms. The summed E-state index contributed by atoms with van der Waals surface area (Å²) >= 11 is 7.96. The van der Waals surface area contributed by atoms with Crippen molar-refractivity contribution in [2.75, 3.05) is 32.1 Å². The van der Waals surface area contributed by atoms with Gasteiger partial charge < -0.3 is 14.8 Å². The Hall–Kier alpha value is -2.47. The van der Waals surface area contributed by atoms with Gasteiger partial charge in [0.1, 0.15) is 28.0 Å². The largest absolute Gasteiger partial charge is 0.495 e. The summed E-state index contributed by atoms with van der Waals surface area (Å²) in [6.45, 7) is 3.13. The number of rotatable bonds is 9. The molecule has 1 saturated heterocycles. The Balaban J connectivity index is 1.39. The minimum atomic E-state index is -3.66. The zero-order chi connectivity index (χ0) is 27.6. The van der Waals surface area contributed by atoms with Crippen LogP contribution in [0.25, 0.3) is 10.2 Å². The number of aryl methyl sites for hydroxylation is 2. The smallest absolute Gasteiger partial charge is 0.309 e. The third-order valence-corrected chi connectivity index (χ3v) is 10.6. The fourth-order valence-corrected chi connectivity index (χ4v) is 8.25. The summed E-state index contributed by atoms with van der Waals surface area (Å²) in [5.41, 5.74) is 2.22. The normalized spacial score (nSPS) is 16.7. The molecule has 3 heterocycles. The van der Waals surface area contributed by atoms with Gasteiger partial charge in [-0.2, -0.15) is 0 Å². The van der Waals surface area contributed by atoms with Crippen LogP contribution >= 0.6 is 22.9 Å². The van der Waals surface area contributed by atoms with Gasteiger partial charge in [-0.05, 0) is 68.7 Å². The van der Waals surface area contributed by atoms with Crippen molar-refractivity contribution in [1.29, 1.82) is 0 Å². The van der Waals surface area contributed by atoms with Crippen LogP contribution in [0.4, 0.5) is 5.82 Å². The summed E-state index contributed by atoms with van der Waals surface area (Å²) in [5, 5.41) is 4.95. The molecule has 12 heteroatoms. The Morgan fingerprint density at radius 1 is 1.21 bits per heavy atom. The highest BCUT2D eigenvalue weighted by atomic mass is 35.5. The lowest BCUT2D eigenvalue weighted by atomic mass is 9.97. The van der Waals surface area contributed by atoms with Crippen LogP contribution in [-0.2, 0) is 44.7 Å². The maximum Gasteiger partial charge on any atom is 0.309 e. The van der Waals surface area contributed by atoms with Crippen LogP contribution in [0.1, 0.15) is 54.4 Å². The number of ether oxygens (including phenoxy) is 2. The number of nitrogens with one attached hydrogen (secondary N) is 1. The fourth-order valence-electron chi connectivity index (χ4n) is 5.28. The first-order valence-corrected chi connectivity index (χ1v) is 16.1. The van der Waals surface area contributed by atoms with E-state index in [9.17, 15) is 13.2 Å². The number of sulfonamides is 1. The number of hydrogen-bond acceptors (Lipinski definition) is 9. The average molecular weight is 593 g/mol. The predicted molar refractivity (Wildman–Crippen MR) is 153 cm³/mol. The summed E-state index contributed by atoms with van der Waals surface area (Å²) in [6, 6.07) is 5.61. The highest BCUT2D eigenvalue weighted by Crippen LogP contribution is 2.39. The van der Waals surface area contributed by atoms with Gasteiger partial charge in [-0.1, -0.05) is 17.7 Å². The Morgan fingerprint density at radius 3 is 2.69 bits per heavy atom. The molecule has 1 N–H and O–H groups in total. The van der Waals surface area contributed by atoms with Gasteiger partial charge in [0.2, 0.25) is 10.0 Å². The van der Waals surface area contributed by atoms with Crippen LogP contribution in [0.3, 0.4) is 0 Å². The Morgan fingerprint density at radius 2 is 1.97 bits per heavy atom. The number of methoxy groups -OCH3 is 1. The molecule has 2 aliphatic rings. The third kappa shape index (κ3) is 6.16. The minimum absolute atomic E-state index is 0.251. The topological polar surface area (TPSA) is 111 Å². The molecule has 5 rings (SSSR count). The van der Waals surface area contributed by atoms with Crippen molar-refractivity contribution in [3.8, 4) is 5.75 Å². The maximum atomic E-state index is 13.4. The molecule has 39 heavy (non-hydrogen) atoms. The SMILES string of the molecule is CCOC(=O)C1CCN(S(=O)(=O)Cc2nc(NCc3ccc(OC)c(Cl)c3)c3c4c(sc3n2)CCCC4)CC1. The van der Waals surface area contributed by atoms with Crippen LogP contribution in [0.5, 0.6) is 5.75 Å². The number of hydrogen-bond donors (Lipinski definition) is 1. The van der Waals surface area contributed by atoms with Crippen LogP contribution in [0.2, 0.25) is 5.02 Å². The molecule has 1 aliphatic carbocycles.